The molecule has 2 N–H and O–H groups in total. The third-order valence-electron chi connectivity index (χ3n) is 5.10. The van der Waals surface area contributed by atoms with E-state index in [0.717, 1.165) is 27.6 Å². The molecule has 8 heteroatoms. The number of H-pyrrole nitrogens is 2. The van der Waals surface area contributed by atoms with Crippen molar-refractivity contribution in [3.05, 3.63) is 75.0 Å². The smallest absolute Gasteiger partial charge is 0.249 e. The van der Waals surface area contributed by atoms with E-state index in [9.17, 15) is 10.1 Å². The topological polar surface area (TPSA) is 111 Å². The van der Waals surface area contributed by atoms with E-state index in [4.69, 9.17) is 16.6 Å². The Hall–Kier alpha value is -4.02. The average Bonchev–Trinajstić information content (AvgIpc) is 3.22. The van der Waals surface area contributed by atoms with E-state index < -0.39 is 0 Å². The van der Waals surface area contributed by atoms with E-state index in [1.807, 2.05) is 37.3 Å². The first-order valence-corrected chi connectivity index (χ1v) is 9.47. The highest BCUT2D eigenvalue weighted by molar-refractivity contribution is 6.35. The first kappa shape index (κ1) is 18.0. The molecule has 5 rings (SSSR count). The number of hydrogen-bond acceptors (Lipinski definition) is 5. The standard InChI is InChI=1S/C22H13ClN6O/c1-11-13(10-24)3-2-4-15(11)20-16(7-12-5-6-19(30)25-22(12)26-20)14-8-17(23)21-18(9-14)27-29-28-21/h2-9H,1H3,(H,25,26,30)(H,27,28,29). The Morgan fingerprint density at radius 3 is 2.77 bits per heavy atom. The Morgan fingerprint density at radius 1 is 1.07 bits per heavy atom. The number of pyridine rings is 2. The number of nitriles is 1. The zero-order valence-corrected chi connectivity index (χ0v) is 16.4. The van der Waals surface area contributed by atoms with Gasteiger partial charge in [0, 0.05) is 22.6 Å². The molecule has 0 fully saturated rings. The number of benzene rings is 2. The van der Waals surface area contributed by atoms with Gasteiger partial charge in [0.25, 0.3) is 0 Å². The summed E-state index contributed by atoms with van der Waals surface area (Å²) in [5.74, 6) is 0. The third-order valence-corrected chi connectivity index (χ3v) is 5.39. The summed E-state index contributed by atoms with van der Waals surface area (Å²) in [6.07, 6.45) is 0. The lowest BCUT2D eigenvalue weighted by atomic mass is 9.93. The van der Waals surface area contributed by atoms with Gasteiger partial charge in [0.05, 0.1) is 22.3 Å². The molecule has 2 aromatic carbocycles. The molecule has 30 heavy (non-hydrogen) atoms. The largest absolute Gasteiger partial charge is 0.307 e. The van der Waals surface area contributed by atoms with Crippen molar-refractivity contribution in [2.45, 2.75) is 6.92 Å². The SMILES string of the molecule is Cc1c(C#N)cccc1-c1nc2[nH]c(=O)ccc2cc1-c1cc(Cl)c2n[nH]nc2c1. The Balaban J connectivity index is 1.88. The predicted octanol–water partition coefficient (Wildman–Crippen LogP) is 4.36. The minimum Gasteiger partial charge on any atom is -0.307 e. The number of halogens is 1. The molecular weight excluding hydrogens is 400 g/mol. The Labute approximate surface area is 175 Å². The van der Waals surface area contributed by atoms with E-state index in [1.54, 1.807) is 12.1 Å². The van der Waals surface area contributed by atoms with E-state index in [0.29, 0.717) is 33.0 Å². The Kier molecular flexibility index (Phi) is 4.09. The van der Waals surface area contributed by atoms with Gasteiger partial charge in [-0.2, -0.15) is 20.7 Å². The summed E-state index contributed by atoms with van der Waals surface area (Å²) in [7, 11) is 0. The van der Waals surface area contributed by atoms with Gasteiger partial charge >= 0.3 is 0 Å². The van der Waals surface area contributed by atoms with Gasteiger partial charge in [0.1, 0.15) is 16.7 Å². The zero-order valence-electron chi connectivity index (χ0n) is 15.7. The van der Waals surface area contributed by atoms with Crippen LogP contribution in [0.4, 0.5) is 0 Å². The first-order chi connectivity index (χ1) is 14.5. The second-order valence-corrected chi connectivity index (χ2v) is 7.29. The van der Waals surface area contributed by atoms with Crippen LogP contribution in [0.3, 0.4) is 0 Å². The molecule has 0 spiro atoms. The van der Waals surface area contributed by atoms with Gasteiger partial charge in [-0.3, -0.25) is 4.79 Å². The highest BCUT2D eigenvalue weighted by atomic mass is 35.5. The zero-order chi connectivity index (χ0) is 20.8. The van der Waals surface area contributed by atoms with Gasteiger partial charge < -0.3 is 4.98 Å². The maximum Gasteiger partial charge on any atom is 0.249 e. The van der Waals surface area contributed by atoms with E-state index in [1.165, 1.54) is 6.07 Å². The van der Waals surface area contributed by atoms with Crippen molar-refractivity contribution >= 4 is 33.7 Å². The number of hydrogen-bond donors (Lipinski definition) is 2. The molecule has 0 atom stereocenters. The minimum atomic E-state index is -0.233. The molecule has 0 bridgehead atoms. The molecule has 0 amide bonds. The highest BCUT2D eigenvalue weighted by Crippen LogP contribution is 2.37. The lowest BCUT2D eigenvalue weighted by molar-refractivity contribution is 0.959. The van der Waals surface area contributed by atoms with Crippen molar-refractivity contribution in [2.24, 2.45) is 0 Å². The van der Waals surface area contributed by atoms with E-state index >= 15 is 0 Å². The quantitative estimate of drug-likeness (QED) is 0.447. The lowest BCUT2D eigenvalue weighted by Gasteiger charge is -2.14. The maximum absolute atomic E-state index is 11.8. The molecule has 0 saturated carbocycles. The summed E-state index contributed by atoms with van der Waals surface area (Å²) in [4.78, 5) is 19.4. The van der Waals surface area contributed by atoms with Gasteiger partial charge in [-0.15, -0.1) is 0 Å². The number of nitrogens with zero attached hydrogens (tertiary/aromatic N) is 4. The maximum atomic E-state index is 11.8. The van der Waals surface area contributed by atoms with Crippen molar-refractivity contribution in [3.8, 4) is 28.5 Å². The molecule has 0 saturated heterocycles. The van der Waals surface area contributed by atoms with Crippen molar-refractivity contribution in [1.82, 2.24) is 25.4 Å². The fourth-order valence-corrected chi connectivity index (χ4v) is 3.84. The predicted molar refractivity (Wildman–Crippen MR) is 115 cm³/mol. The van der Waals surface area contributed by atoms with Crippen LogP contribution in [0.1, 0.15) is 11.1 Å². The summed E-state index contributed by atoms with van der Waals surface area (Å²) in [6.45, 7) is 1.88. The number of nitrogens with one attached hydrogen (secondary N) is 2. The first-order valence-electron chi connectivity index (χ1n) is 9.10. The van der Waals surface area contributed by atoms with Crippen molar-refractivity contribution in [1.29, 1.82) is 5.26 Å². The van der Waals surface area contributed by atoms with Crippen LogP contribution >= 0.6 is 11.6 Å². The summed E-state index contributed by atoms with van der Waals surface area (Å²) in [6, 6.07) is 16.5. The molecule has 0 aliphatic carbocycles. The van der Waals surface area contributed by atoms with E-state index in [-0.39, 0.29) is 5.56 Å². The average molecular weight is 413 g/mol. The second kappa shape index (κ2) is 6.79. The molecule has 3 aromatic heterocycles. The van der Waals surface area contributed by atoms with Crippen LogP contribution in [0.25, 0.3) is 44.5 Å². The van der Waals surface area contributed by atoms with Crippen LogP contribution in [0, 0.1) is 18.3 Å². The molecule has 7 nitrogen and oxygen atoms in total. The van der Waals surface area contributed by atoms with Gasteiger partial charge in [0.2, 0.25) is 5.56 Å². The number of aromatic amines is 2. The fourth-order valence-electron chi connectivity index (χ4n) is 3.58. The fraction of sp³-hybridized carbons (Fsp3) is 0.0455. The molecule has 5 aromatic rings. The van der Waals surface area contributed by atoms with Gasteiger partial charge in [-0.25, -0.2) is 4.98 Å². The molecular formula is C22H13ClN6O. The van der Waals surface area contributed by atoms with Crippen molar-refractivity contribution < 1.29 is 0 Å². The second-order valence-electron chi connectivity index (χ2n) is 6.88. The van der Waals surface area contributed by atoms with Crippen LogP contribution in [0.15, 0.2) is 53.3 Å². The van der Waals surface area contributed by atoms with Gasteiger partial charge in [0.15, 0.2) is 0 Å². The summed E-state index contributed by atoms with van der Waals surface area (Å²) < 4.78 is 0. The molecule has 144 valence electrons. The third kappa shape index (κ3) is 2.82. The summed E-state index contributed by atoms with van der Waals surface area (Å²) >= 11 is 6.44. The van der Waals surface area contributed by atoms with E-state index in [2.05, 4.69) is 26.5 Å². The van der Waals surface area contributed by atoms with Gasteiger partial charge in [-0.1, -0.05) is 23.7 Å². The van der Waals surface area contributed by atoms with Gasteiger partial charge in [-0.05, 0) is 48.4 Å². The highest BCUT2D eigenvalue weighted by Gasteiger charge is 2.17. The number of fused-ring (bicyclic) bond motifs is 2. The number of rotatable bonds is 2. The van der Waals surface area contributed by atoms with Crippen molar-refractivity contribution in [3.63, 3.8) is 0 Å². The normalized spacial score (nSPS) is 11.1. The summed E-state index contributed by atoms with van der Waals surface area (Å²) in [5, 5.41) is 21.5. The van der Waals surface area contributed by atoms with Crippen LogP contribution in [0.2, 0.25) is 5.02 Å². The molecule has 0 aliphatic rings. The Morgan fingerprint density at radius 2 is 1.93 bits per heavy atom. The van der Waals surface area contributed by atoms with Crippen LogP contribution in [-0.2, 0) is 0 Å². The lowest BCUT2D eigenvalue weighted by Crippen LogP contribution is -2.05. The monoisotopic (exact) mass is 412 g/mol. The molecule has 0 aliphatic heterocycles. The molecule has 0 unspecified atom stereocenters. The minimum absolute atomic E-state index is 0.233. The Bertz CT molecular complexity index is 1560. The van der Waals surface area contributed by atoms with Crippen LogP contribution < -0.4 is 5.56 Å². The van der Waals surface area contributed by atoms with Crippen molar-refractivity contribution in [2.75, 3.05) is 0 Å². The molecule has 3 heterocycles. The number of aromatic nitrogens is 5. The summed E-state index contributed by atoms with van der Waals surface area (Å²) in [5.41, 5.74) is 5.87. The molecule has 0 radical (unpaired) electrons. The van der Waals surface area contributed by atoms with Crippen LogP contribution in [-0.4, -0.2) is 25.4 Å². The van der Waals surface area contributed by atoms with Crippen LogP contribution in [0.5, 0.6) is 0 Å².